The van der Waals surface area contributed by atoms with Gasteiger partial charge in [0.25, 0.3) is 5.56 Å². The molecule has 13 heteroatoms. The predicted octanol–water partition coefficient (Wildman–Crippen LogP) is 3.79. The number of hydrogen-bond donors (Lipinski definition) is 0. The van der Waals surface area contributed by atoms with Gasteiger partial charge in [-0.15, -0.1) is 4.80 Å². The van der Waals surface area contributed by atoms with E-state index < -0.39 is 35.0 Å². The molecular weight excluding hydrogens is 532 g/mol. The number of rotatable bonds is 8. The highest BCUT2D eigenvalue weighted by Gasteiger charge is 2.56. The summed E-state index contributed by atoms with van der Waals surface area (Å²) in [6.45, 7) is 3.92. The molecule has 0 radical (unpaired) electrons. The molecule has 1 aliphatic carbocycles. The van der Waals surface area contributed by atoms with Crippen molar-refractivity contribution in [2.45, 2.75) is 71.3 Å². The van der Waals surface area contributed by atoms with Gasteiger partial charge < -0.3 is 9.47 Å². The summed E-state index contributed by atoms with van der Waals surface area (Å²) in [4.78, 5) is 42.9. The van der Waals surface area contributed by atoms with E-state index in [0.29, 0.717) is 21.0 Å². The number of halogens is 2. The van der Waals surface area contributed by atoms with Crippen LogP contribution in [0.3, 0.4) is 0 Å². The lowest BCUT2D eigenvalue weighted by atomic mass is 10.1. The third-order valence-electron chi connectivity index (χ3n) is 6.51. The van der Waals surface area contributed by atoms with Crippen molar-refractivity contribution < 1.29 is 23.0 Å². The highest BCUT2D eigenvalue weighted by molar-refractivity contribution is 7.21. The Kier molecular flexibility index (Phi) is 6.65. The Bertz CT molecular complexity index is 1660. The predicted molar refractivity (Wildman–Crippen MR) is 140 cm³/mol. The zero-order valence-corrected chi connectivity index (χ0v) is 22.6. The van der Waals surface area contributed by atoms with Crippen molar-refractivity contribution in [2.24, 2.45) is 0 Å². The van der Waals surface area contributed by atoms with Crippen molar-refractivity contribution in [1.29, 1.82) is 0 Å². The number of aromatic nitrogens is 5. The zero-order valence-electron chi connectivity index (χ0n) is 21.8. The summed E-state index contributed by atoms with van der Waals surface area (Å²) in [5.74, 6) is -0.640. The van der Waals surface area contributed by atoms with Gasteiger partial charge in [-0.3, -0.25) is 9.36 Å². The van der Waals surface area contributed by atoms with E-state index in [2.05, 4.69) is 14.9 Å². The molecule has 0 spiro atoms. The molecule has 0 unspecified atom stereocenters. The monoisotopic (exact) mass is 559 g/mol. The number of para-hydroxylation sites is 1. The first kappa shape index (κ1) is 26.7. The minimum atomic E-state index is -3.00. The molecule has 0 aliphatic heterocycles. The van der Waals surface area contributed by atoms with Gasteiger partial charge in [0, 0.05) is 12.1 Å². The Labute approximate surface area is 225 Å². The van der Waals surface area contributed by atoms with Crippen LogP contribution in [-0.4, -0.2) is 42.3 Å². The summed E-state index contributed by atoms with van der Waals surface area (Å²) in [7, 11) is 0. The fraction of sp³-hybridized carbons (Fsp3) is 0.423. The lowest BCUT2D eigenvalue weighted by Crippen LogP contribution is -2.50. The molecule has 1 fully saturated rings. The largest absolute Gasteiger partial charge is 0.458 e. The van der Waals surface area contributed by atoms with Crippen LogP contribution in [0.4, 0.5) is 8.78 Å². The summed E-state index contributed by atoms with van der Waals surface area (Å²) >= 11 is 1.16. The maximum absolute atomic E-state index is 14.0. The second-order valence-corrected chi connectivity index (χ2v) is 11.4. The average Bonchev–Trinajstić information content (AvgIpc) is 3.31. The number of nitrogens with zero attached hydrogens (tertiary/aromatic N) is 5. The molecule has 0 N–H and O–H groups in total. The smallest absolute Gasteiger partial charge is 0.387 e. The van der Waals surface area contributed by atoms with Crippen molar-refractivity contribution >= 4 is 27.5 Å². The molecule has 206 valence electrons. The summed E-state index contributed by atoms with van der Waals surface area (Å²) in [6.07, 6.45) is 3.71. The molecule has 0 amide bonds. The van der Waals surface area contributed by atoms with Gasteiger partial charge in [0.2, 0.25) is 0 Å². The Morgan fingerprint density at radius 1 is 1.15 bits per heavy atom. The van der Waals surface area contributed by atoms with E-state index in [0.717, 1.165) is 15.9 Å². The van der Waals surface area contributed by atoms with Crippen LogP contribution in [0.5, 0.6) is 5.75 Å². The molecule has 0 bridgehead atoms. The van der Waals surface area contributed by atoms with Gasteiger partial charge >= 0.3 is 18.3 Å². The van der Waals surface area contributed by atoms with E-state index in [1.807, 2.05) is 0 Å². The molecule has 1 aromatic carbocycles. The van der Waals surface area contributed by atoms with Crippen LogP contribution in [0.15, 0.2) is 46.2 Å². The van der Waals surface area contributed by atoms with Crippen molar-refractivity contribution in [1.82, 2.24) is 24.1 Å². The number of aryl methyl sites for hydroxylation is 3. The summed E-state index contributed by atoms with van der Waals surface area (Å²) in [5, 5.41) is 9.14. The number of fused-ring (bicyclic) bond motifs is 1. The number of benzene rings is 1. The van der Waals surface area contributed by atoms with E-state index in [4.69, 9.17) is 4.74 Å². The third kappa shape index (κ3) is 4.86. The maximum atomic E-state index is 14.0. The van der Waals surface area contributed by atoms with Crippen LogP contribution < -0.4 is 16.0 Å². The number of thiophene rings is 1. The summed E-state index contributed by atoms with van der Waals surface area (Å²) in [5.41, 5.74) is -2.48. The minimum absolute atomic E-state index is 0.00122. The first-order valence-electron chi connectivity index (χ1n) is 12.4. The molecular formula is C26H27F2N5O5S. The van der Waals surface area contributed by atoms with Gasteiger partial charge in [0.15, 0.2) is 5.54 Å². The molecule has 0 saturated heterocycles. The number of ether oxygens (including phenoxy) is 2. The van der Waals surface area contributed by atoms with E-state index in [1.165, 1.54) is 27.8 Å². The van der Waals surface area contributed by atoms with Gasteiger partial charge in [-0.2, -0.15) is 19.0 Å². The Morgan fingerprint density at radius 2 is 1.82 bits per heavy atom. The molecule has 0 atom stereocenters. The van der Waals surface area contributed by atoms with Crippen LogP contribution in [-0.2, 0) is 28.0 Å². The van der Waals surface area contributed by atoms with Gasteiger partial charge in [-0.05, 0) is 58.6 Å². The number of hydrogen-bond acceptors (Lipinski definition) is 8. The molecule has 1 aliphatic rings. The second-order valence-electron chi connectivity index (χ2n) is 10.4. The summed E-state index contributed by atoms with van der Waals surface area (Å²) < 4.78 is 38.6. The number of esters is 1. The number of alkyl halides is 2. The molecule has 3 aromatic heterocycles. The van der Waals surface area contributed by atoms with Gasteiger partial charge in [-0.25, -0.2) is 14.2 Å². The third-order valence-corrected chi connectivity index (χ3v) is 7.79. The molecule has 39 heavy (non-hydrogen) atoms. The van der Waals surface area contributed by atoms with Crippen molar-refractivity contribution in [3.8, 4) is 10.8 Å². The van der Waals surface area contributed by atoms with Gasteiger partial charge in [0.1, 0.15) is 21.2 Å². The fourth-order valence-electron chi connectivity index (χ4n) is 4.58. The molecule has 1 saturated carbocycles. The highest BCUT2D eigenvalue weighted by Crippen LogP contribution is 2.44. The number of carbonyl (C=O) groups is 1. The van der Waals surface area contributed by atoms with E-state index in [-0.39, 0.29) is 36.9 Å². The van der Waals surface area contributed by atoms with Crippen molar-refractivity contribution in [3.63, 3.8) is 0 Å². The van der Waals surface area contributed by atoms with Crippen LogP contribution in [0.25, 0.3) is 15.2 Å². The lowest BCUT2D eigenvalue weighted by molar-refractivity contribution is -0.161. The minimum Gasteiger partial charge on any atom is -0.458 e. The van der Waals surface area contributed by atoms with E-state index >= 15 is 0 Å². The Hall–Kier alpha value is -3.87. The van der Waals surface area contributed by atoms with Crippen LogP contribution in [0, 0.1) is 6.92 Å². The molecule has 4 aromatic rings. The van der Waals surface area contributed by atoms with Gasteiger partial charge in [-0.1, -0.05) is 29.5 Å². The van der Waals surface area contributed by atoms with E-state index in [1.54, 1.807) is 45.9 Å². The quantitative estimate of drug-likeness (QED) is 0.302. The summed E-state index contributed by atoms with van der Waals surface area (Å²) in [6, 6.07) is 6.33. The average molecular weight is 560 g/mol. The first-order valence-corrected chi connectivity index (χ1v) is 13.2. The van der Waals surface area contributed by atoms with Crippen LogP contribution in [0.2, 0.25) is 0 Å². The topological polar surface area (TPSA) is 110 Å². The Morgan fingerprint density at radius 3 is 2.44 bits per heavy atom. The maximum Gasteiger partial charge on any atom is 0.387 e. The van der Waals surface area contributed by atoms with Crippen molar-refractivity contribution in [3.05, 3.63) is 68.6 Å². The normalized spacial score (nSPS) is 14.6. The van der Waals surface area contributed by atoms with Crippen LogP contribution >= 0.6 is 11.3 Å². The van der Waals surface area contributed by atoms with Crippen LogP contribution in [0.1, 0.15) is 44.7 Å². The highest BCUT2D eigenvalue weighted by atomic mass is 32.1. The Balaban J connectivity index is 1.68. The molecule has 5 rings (SSSR count). The molecule has 10 nitrogen and oxygen atoms in total. The zero-order chi connectivity index (χ0) is 28.1. The number of carbonyl (C=O) groups excluding carboxylic acids is 1. The standard InChI is InChI=1S/C26H27F2N5O5S/c1-15-18-19(34)32(26(10-11-26)22(35)38-25(2,3)4)24(36)31(21(18)39-20(15)33-29-12-13-30-33)14-9-16-7-5-6-8-17(16)37-23(27)28/h5-8,12-13,23H,9-11,14H2,1-4H3. The second kappa shape index (κ2) is 9.70. The van der Waals surface area contributed by atoms with Gasteiger partial charge in [0.05, 0.1) is 17.8 Å². The lowest BCUT2D eigenvalue weighted by Gasteiger charge is -2.25. The molecule has 3 heterocycles. The SMILES string of the molecule is Cc1c(-n2nccn2)sc2c1c(=O)n(C1(C(=O)OC(C)(C)C)CC1)c(=O)n2CCc1ccccc1OC(F)F. The van der Waals surface area contributed by atoms with E-state index in [9.17, 15) is 23.2 Å². The van der Waals surface area contributed by atoms with Crippen molar-refractivity contribution in [2.75, 3.05) is 0 Å². The fourth-order valence-corrected chi connectivity index (χ4v) is 5.82. The first-order chi connectivity index (χ1) is 18.4.